The van der Waals surface area contributed by atoms with E-state index < -0.39 is 0 Å². The van der Waals surface area contributed by atoms with Gasteiger partial charge in [-0.05, 0) is 53.6 Å². The third-order valence-corrected chi connectivity index (χ3v) is 3.36. The Bertz CT molecular complexity index is 793. The molecule has 5 nitrogen and oxygen atoms in total. The summed E-state index contributed by atoms with van der Waals surface area (Å²) in [6, 6.07) is 10.4. The van der Waals surface area contributed by atoms with Crippen LogP contribution in [-0.2, 0) is 0 Å². The molecule has 0 bridgehead atoms. The lowest BCUT2D eigenvalue weighted by molar-refractivity contribution is 0.607. The molecule has 0 amide bonds. The van der Waals surface area contributed by atoms with Crippen LogP contribution in [0.5, 0.6) is 0 Å². The highest BCUT2D eigenvalue weighted by Gasteiger charge is 2.16. The highest BCUT2D eigenvalue weighted by molar-refractivity contribution is 5.74. The normalized spacial score (nSPS) is 10.8. The van der Waals surface area contributed by atoms with Crippen LogP contribution in [-0.4, -0.2) is 20.2 Å². The number of hydrogen-bond acceptors (Lipinski definition) is 4. The fourth-order valence-corrected chi connectivity index (χ4v) is 2.18. The fraction of sp³-hybridized carbons (Fsp3) is 0.133. The maximum atomic E-state index is 14.1. The number of benzene rings is 2. The van der Waals surface area contributed by atoms with E-state index in [-0.39, 0.29) is 5.82 Å². The molecule has 0 aliphatic heterocycles. The van der Waals surface area contributed by atoms with Gasteiger partial charge in [0.15, 0.2) is 5.82 Å². The molecule has 2 N–H and O–H groups in total. The van der Waals surface area contributed by atoms with Gasteiger partial charge in [-0.25, -0.2) is 4.39 Å². The van der Waals surface area contributed by atoms with Crippen LogP contribution in [0.15, 0.2) is 36.4 Å². The van der Waals surface area contributed by atoms with E-state index in [4.69, 9.17) is 5.73 Å². The van der Waals surface area contributed by atoms with Gasteiger partial charge in [-0.2, -0.15) is 4.68 Å². The summed E-state index contributed by atoms with van der Waals surface area (Å²) >= 11 is 0. The average Bonchev–Trinajstić information content (AvgIpc) is 2.93. The number of aromatic nitrogens is 4. The fourth-order valence-electron chi connectivity index (χ4n) is 2.18. The minimum Gasteiger partial charge on any atom is -0.398 e. The molecular weight excluding hydrogens is 269 g/mol. The van der Waals surface area contributed by atoms with Crippen molar-refractivity contribution in [2.75, 3.05) is 5.73 Å². The summed E-state index contributed by atoms with van der Waals surface area (Å²) in [5.41, 5.74) is 9.50. The number of tetrazole rings is 1. The van der Waals surface area contributed by atoms with Crippen molar-refractivity contribution in [3.63, 3.8) is 0 Å². The van der Waals surface area contributed by atoms with Crippen LogP contribution in [0, 0.1) is 19.7 Å². The van der Waals surface area contributed by atoms with E-state index in [1.165, 1.54) is 10.7 Å². The van der Waals surface area contributed by atoms with Crippen LogP contribution in [0.3, 0.4) is 0 Å². The molecular formula is C15H14FN5. The molecule has 0 radical (unpaired) electrons. The minimum atomic E-state index is -0.389. The predicted molar refractivity (Wildman–Crippen MR) is 78.4 cm³/mol. The van der Waals surface area contributed by atoms with Gasteiger partial charge in [0.05, 0.1) is 0 Å². The molecule has 3 rings (SSSR count). The molecule has 2 aromatic carbocycles. The van der Waals surface area contributed by atoms with Crippen molar-refractivity contribution in [3.05, 3.63) is 53.3 Å². The van der Waals surface area contributed by atoms with Gasteiger partial charge in [-0.3, -0.25) is 0 Å². The standard InChI is InChI=1S/C15H14FN5/c1-9-6-7-12(16)13(8-9)21-15(18-19-20-21)11-5-3-4-10(2)14(11)17/h3-8H,17H2,1-2H3. The number of para-hydroxylation sites is 1. The molecule has 21 heavy (non-hydrogen) atoms. The number of halogens is 1. The number of aryl methyl sites for hydroxylation is 2. The molecule has 0 aliphatic rings. The van der Waals surface area contributed by atoms with Crippen molar-refractivity contribution >= 4 is 5.69 Å². The first kappa shape index (κ1) is 13.2. The van der Waals surface area contributed by atoms with E-state index in [1.807, 2.05) is 32.0 Å². The zero-order valence-corrected chi connectivity index (χ0v) is 11.7. The maximum Gasteiger partial charge on any atom is 0.189 e. The maximum absolute atomic E-state index is 14.1. The highest BCUT2D eigenvalue weighted by atomic mass is 19.1. The zero-order chi connectivity index (χ0) is 15.0. The summed E-state index contributed by atoms with van der Waals surface area (Å²) in [4.78, 5) is 0. The van der Waals surface area contributed by atoms with Gasteiger partial charge >= 0.3 is 0 Å². The number of nitrogen functional groups attached to an aromatic ring is 1. The van der Waals surface area contributed by atoms with Gasteiger partial charge in [-0.1, -0.05) is 18.2 Å². The van der Waals surface area contributed by atoms with Gasteiger partial charge in [-0.15, -0.1) is 5.10 Å². The Kier molecular flexibility index (Phi) is 3.13. The summed E-state index contributed by atoms with van der Waals surface area (Å²) in [6.45, 7) is 3.79. The van der Waals surface area contributed by atoms with Crippen LogP contribution in [0.25, 0.3) is 17.1 Å². The number of anilines is 1. The minimum absolute atomic E-state index is 0.302. The number of nitrogens with zero attached hydrogens (tertiary/aromatic N) is 4. The molecule has 1 heterocycles. The summed E-state index contributed by atoms with van der Waals surface area (Å²) in [6.07, 6.45) is 0. The molecule has 0 spiro atoms. The molecule has 106 valence electrons. The quantitative estimate of drug-likeness (QED) is 0.734. The van der Waals surface area contributed by atoms with Crippen molar-refractivity contribution in [3.8, 4) is 17.1 Å². The Morgan fingerprint density at radius 2 is 1.95 bits per heavy atom. The van der Waals surface area contributed by atoms with Crippen LogP contribution in [0.4, 0.5) is 10.1 Å². The first-order valence-electron chi connectivity index (χ1n) is 6.48. The van der Waals surface area contributed by atoms with Crippen molar-refractivity contribution < 1.29 is 4.39 Å². The zero-order valence-electron chi connectivity index (χ0n) is 11.7. The average molecular weight is 283 g/mol. The second kappa shape index (κ2) is 4.97. The Labute approximate surface area is 121 Å². The highest BCUT2D eigenvalue weighted by Crippen LogP contribution is 2.28. The Morgan fingerprint density at radius 1 is 1.14 bits per heavy atom. The first-order valence-corrected chi connectivity index (χ1v) is 6.48. The van der Waals surface area contributed by atoms with E-state index in [1.54, 1.807) is 12.1 Å². The lowest BCUT2D eigenvalue weighted by atomic mass is 10.1. The molecule has 0 unspecified atom stereocenters. The van der Waals surface area contributed by atoms with Crippen LogP contribution in [0.1, 0.15) is 11.1 Å². The Morgan fingerprint density at radius 3 is 2.76 bits per heavy atom. The van der Waals surface area contributed by atoms with E-state index in [0.29, 0.717) is 22.8 Å². The molecule has 0 saturated heterocycles. The van der Waals surface area contributed by atoms with Crippen molar-refractivity contribution in [2.45, 2.75) is 13.8 Å². The Balaban J connectivity index is 2.22. The Hall–Kier alpha value is -2.76. The summed E-state index contributed by atoms with van der Waals surface area (Å²) in [7, 11) is 0. The topological polar surface area (TPSA) is 69.6 Å². The second-order valence-corrected chi connectivity index (χ2v) is 4.91. The van der Waals surface area contributed by atoms with E-state index in [0.717, 1.165) is 11.1 Å². The van der Waals surface area contributed by atoms with Crippen LogP contribution < -0.4 is 5.73 Å². The van der Waals surface area contributed by atoms with Gasteiger partial charge in [0.25, 0.3) is 0 Å². The van der Waals surface area contributed by atoms with Crippen molar-refractivity contribution in [2.24, 2.45) is 0 Å². The van der Waals surface area contributed by atoms with Crippen LogP contribution in [0.2, 0.25) is 0 Å². The van der Waals surface area contributed by atoms with Gasteiger partial charge in [0.2, 0.25) is 0 Å². The molecule has 3 aromatic rings. The molecule has 0 fully saturated rings. The van der Waals surface area contributed by atoms with E-state index in [2.05, 4.69) is 15.5 Å². The molecule has 0 atom stereocenters. The van der Waals surface area contributed by atoms with Crippen LogP contribution >= 0.6 is 0 Å². The van der Waals surface area contributed by atoms with E-state index in [9.17, 15) is 4.39 Å². The van der Waals surface area contributed by atoms with Gasteiger partial charge < -0.3 is 5.73 Å². The SMILES string of the molecule is Cc1ccc(F)c(-n2nnnc2-c2cccc(C)c2N)c1. The van der Waals surface area contributed by atoms with E-state index >= 15 is 0 Å². The largest absolute Gasteiger partial charge is 0.398 e. The number of nitrogens with two attached hydrogens (primary N) is 1. The lowest BCUT2D eigenvalue weighted by Crippen LogP contribution is -2.05. The lowest BCUT2D eigenvalue weighted by Gasteiger charge is -2.09. The second-order valence-electron chi connectivity index (χ2n) is 4.91. The number of hydrogen-bond donors (Lipinski definition) is 1. The van der Waals surface area contributed by atoms with Crippen molar-refractivity contribution in [1.29, 1.82) is 0 Å². The number of rotatable bonds is 2. The predicted octanol–water partition coefficient (Wildman–Crippen LogP) is 2.67. The summed E-state index contributed by atoms with van der Waals surface area (Å²) in [5.74, 6) is 0.0288. The summed E-state index contributed by atoms with van der Waals surface area (Å²) in [5, 5.41) is 11.5. The first-order chi connectivity index (χ1) is 10.1. The third-order valence-electron chi connectivity index (χ3n) is 3.36. The van der Waals surface area contributed by atoms with Crippen molar-refractivity contribution in [1.82, 2.24) is 20.2 Å². The molecule has 6 heteroatoms. The smallest absolute Gasteiger partial charge is 0.189 e. The van der Waals surface area contributed by atoms with Gasteiger partial charge in [0, 0.05) is 11.3 Å². The van der Waals surface area contributed by atoms with Gasteiger partial charge in [0.1, 0.15) is 11.5 Å². The molecule has 0 aliphatic carbocycles. The third kappa shape index (κ3) is 2.24. The monoisotopic (exact) mass is 283 g/mol. The molecule has 0 saturated carbocycles. The summed E-state index contributed by atoms with van der Waals surface area (Å²) < 4.78 is 15.4. The molecule has 1 aromatic heterocycles.